The van der Waals surface area contributed by atoms with E-state index in [2.05, 4.69) is 20.6 Å². The molecule has 0 unspecified atom stereocenters. The van der Waals surface area contributed by atoms with Gasteiger partial charge in [-0.3, -0.25) is 19.3 Å². The van der Waals surface area contributed by atoms with Gasteiger partial charge in [0.05, 0.1) is 10.0 Å². The van der Waals surface area contributed by atoms with E-state index in [0.29, 0.717) is 52.6 Å². The molecule has 8 rings (SSSR count). The van der Waals surface area contributed by atoms with Crippen LogP contribution in [0.5, 0.6) is 11.5 Å². The molecule has 11 nitrogen and oxygen atoms in total. The van der Waals surface area contributed by atoms with Crippen LogP contribution in [0.2, 0.25) is 10.0 Å². The largest absolute Gasteiger partial charge is 0.483 e. The zero-order valence-corrected chi connectivity index (χ0v) is 29.0. The van der Waals surface area contributed by atoms with Crippen LogP contribution < -0.4 is 29.9 Å². The van der Waals surface area contributed by atoms with Crippen molar-refractivity contribution in [2.24, 2.45) is 0 Å². The van der Waals surface area contributed by atoms with Gasteiger partial charge < -0.3 is 25.0 Å². The molecule has 4 aliphatic heterocycles. The highest BCUT2D eigenvalue weighted by molar-refractivity contribution is 6.39. The number of rotatable bonds is 7. The highest BCUT2D eigenvalue weighted by Gasteiger charge is 2.52. The Morgan fingerprint density at radius 3 is 1.79 bits per heavy atom. The Balaban J connectivity index is 1.11. The van der Waals surface area contributed by atoms with Crippen LogP contribution in [0.15, 0.2) is 60.9 Å². The summed E-state index contributed by atoms with van der Waals surface area (Å²) in [7, 11) is 0. The van der Waals surface area contributed by atoms with Gasteiger partial charge in [-0.05, 0) is 25.0 Å². The zero-order chi connectivity index (χ0) is 37.2. The lowest BCUT2D eigenvalue weighted by Gasteiger charge is -2.36. The van der Waals surface area contributed by atoms with Crippen molar-refractivity contribution in [1.82, 2.24) is 20.6 Å². The number of anilines is 2. The Hall–Kier alpha value is -5.15. The smallest absolute Gasteiger partial charge is 0.427 e. The van der Waals surface area contributed by atoms with Crippen molar-refractivity contribution in [3.63, 3.8) is 0 Å². The lowest BCUT2D eigenvalue weighted by Crippen LogP contribution is -2.54. The van der Waals surface area contributed by atoms with Crippen LogP contribution in [0.3, 0.4) is 0 Å². The number of ether oxygens (including phenoxy) is 2. The van der Waals surface area contributed by atoms with E-state index in [1.165, 1.54) is 29.4 Å². The number of carbonyl (C=O) groups excluding carboxylic acids is 3. The summed E-state index contributed by atoms with van der Waals surface area (Å²) in [5.41, 5.74) is 2.48. The highest BCUT2D eigenvalue weighted by Crippen LogP contribution is 2.46. The van der Waals surface area contributed by atoms with Gasteiger partial charge in [-0.15, -0.1) is 0 Å². The number of nitrogens with zero attached hydrogens (tertiary/aromatic N) is 4. The molecule has 3 amide bonds. The summed E-state index contributed by atoms with van der Waals surface area (Å²) >= 11 is 13.9. The molecule has 274 valence electrons. The predicted molar refractivity (Wildman–Crippen MR) is 186 cm³/mol. The Kier molecular flexibility index (Phi) is 8.60. The number of nitrogens with one attached hydrogen (secondary N) is 2. The van der Waals surface area contributed by atoms with Gasteiger partial charge in [-0.25, -0.2) is 9.97 Å². The number of aromatic nitrogens is 2. The second-order valence-corrected chi connectivity index (χ2v) is 13.9. The van der Waals surface area contributed by atoms with E-state index in [9.17, 15) is 31.9 Å². The molecule has 0 aliphatic carbocycles. The fourth-order valence-corrected chi connectivity index (χ4v) is 7.72. The maximum Gasteiger partial charge on any atom is 0.483 e. The second kappa shape index (κ2) is 13.1. The first-order valence-corrected chi connectivity index (χ1v) is 17.4. The Labute approximate surface area is 309 Å². The van der Waals surface area contributed by atoms with Crippen LogP contribution in [0.4, 0.5) is 29.2 Å². The predicted octanol–water partition coefficient (Wildman–Crippen LogP) is 6.45. The summed E-state index contributed by atoms with van der Waals surface area (Å²) in [6.07, 6.45) is -3.36. The first-order valence-electron chi connectivity index (χ1n) is 16.6. The van der Waals surface area contributed by atoms with Gasteiger partial charge in [0.1, 0.15) is 6.54 Å². The lowest BCUT2D eigenvalue weighted by atomic mass is 9.96. The van der Waals surface area contributed by atoms with E-state index in [1.807, 2.05) is 0 Å². The van der Waals surface area contributed by atoms with Crippen molar-refractivity contribution in [3.05, 3.63) is 71.0 Å². The van der Waals surface area contributed by atoms with Crippen LogP contribution in [-0.2, 0) is 14.4 Å². The number of benzene rings is 2. The van der Waals surface area contributed by atoms with Gasteiger partial charge >= 0.3 is 18.1 Å². The molecule has 2 aromatic carbocycles. The van der Waals surface area contributed by atoms with Crippen LogP contribution >= 0.6 is 23.2 Å². The molecular formula is C36H28Cl2F4N6O5. The topological polar surface area (TPSA) is 126 Å². The standard InChI is InChI=1S/C36H28Cl2F4N6O5/c37-30-22(18-11-26-32(43-13-18)47(17-35(39,40)52-26)15-20-7-9-28(49)45-20)3-1-5-24(30)25-6-2-4-23(31(25)38)19-12-27-33(44-14-19)48(34(51)36(41,42)53-27)16-21-8-10-29(50)46-21/h1-6,11-14,20-21H,7-10,15-17H2,(H,45,49)(H,46,50)/t20-,21-/m0/s1. The van der Waals surface area contributed by atoms with Crippen LogP contribution in [0.25, 0.3) is 33.4 Å². The van der Waals surface area contributed by atoms with Crippen molar-refractivity contribution >= 4 is 52.6 Å². The second-order valence-electron chi connectivity index (χ2n) is 13.2. The molecule has 6 heterocycles. The highest BCUT2D eigenvalue weighted by atomic mass is 35.5. The molecule has 2 aromatic heterocycles. The molecule has 2 N–H and O–H groups in total. The first-order chi connectivity index (χ1) is 25.3. The van der Waals surface area contributed by atoms with E-state index in [-0.39, 0.29) is 70.5 Å². The summed E-state index contributed by atoms with van der Waals surface area (Å²) in [5.74, 6) is -2.36. The van der Waals surface area contributed by atoms with E-state index in [4.69, 9.17) is 32.7 Å². The molecular weight excluding hydrogens is 743 g/mol. The van der Waals surface area contributed by atoms with E-state index >= 15 is 0 Å². The Morgan fingerprint density at radius 2 is 1.25 bits per heavy atom. The monoisotopic (exact) mass is 770 g/mol. The molecule has 2 saturated heterocycles. The maximum absolute atomic E-state index is 14.8. The molecule has 2 fully saturated rings. The molecule has 0 saturated carbocycles. The minimum absolute atomic E-state index is 0.123. The fourth-order valence-electron chi connectivity index (χ4n) is 7.05. The van der Waals surface area contributed by atoms with Crippen LogP contribution in [-0.4, -0.2) is 71.6 Å². The third-order valence-corrected chi connectivity index (χ3v) is 10.3. The molecule has 17 heteroatoms. The van der Waals surface area contributed by atoms with E-state index in [0.717, 1.165) is 4.90 Å². The van der Waals surface area contributed by atoms with Crippen molar-refractivity contribution in [2.75, 3.05) is 29.4 Å². The van der Waals surface area contributed by atoms with Gasteiger partial charge in [-0.1, -0.05) is 59.6 Å². The number of fused-ring (bicyclic) bond motifs is 2. The van der Waals surface area contributed by atoms with E-state index < -0.39 is 30.7 Å². The number of alkyl halides is 4. The number of hydrogen-bond acceptors (Lipinski definition) is 8. The van der Waals surface area contributed by atoms with E-state index in [1.54, 1.807) is 36.4 Å². The molecule has 0 spiro atoms. The number of halogens is 6. The summed E-state index contributed by atoms with van der Waals surface area (Å²) in [5, 5.41) is 5.88. The average Bonchev–Trinajstić information content (AvgIpc) is 3.72. The number of hydrogen-bond donors (Lipinski definition) is 2. The zero-order valence-electron chi connectivity index (χ0n) is 27.5. The Bertz CT molecular complexity index is 2190. The van der Waals surface area contributed by atoms with Gasteiger partial charge in [0, 0.05) is 83.8 Å². The first kappa shape index (κ1) is 34.9. The summed E-state index contributed by atoms with van der Waals surface area (Å²) in [6, 6.07) is 12.1. The van der Waals surface area contributed by atoms with Crippen molar-refractivity contribution in [1.29, 1.82) is 0 Å². The van der Waals surface area contributed by atoms with Crippen molar-refractivity contribution in [2.45, 2.75) is 50.0 Å². The number of amides is 3. The molecule has 0 bridgehead atoms. The average molecular weight is 772 g/mol. The molecule has 0 radical (unpaired) electrons. The van der Waals surface area contributed by atoms with Crippen LogP contribution in [0, 0.1) is 0 Å². The number of pyridine rings is 2. The van der Waals surface area contributed by atoms with Gasteiger partial charge in [0.2, 0.25) is 11.8 Å². The molecule has 2 atom stereocenters. The fraction of sp³-hybridized carbons (Fsp3) is 0.306. The lowest BCUT2D eigenvalue weighted by molar-refractivity contribution is -0.193. The van der Waals surface area contributed by atoms with Gasteiger partial charge in [0.15, 0.2) is 23.1 Å². The third-order valence-electron chi connectivity index (χ3n) is 9.51. The maximum atomic E-state index is 14.8. The molecule has 4 aromatic rings. The molecule has 53 heavy (non-hydrogen) atoms. The SMILES string of the molecule is O=C1CC[C@@H](CN2CC(F)(F)Oc3cc(-c4cccc(-c5cccc(-c6cnc7c(c6)OC(F)(F)C(=O)N7C[C@@H]6CCC(=O)N6)c5Cl)c4Cl)cnc32)N1. The molecule has 4 aliphatic rings. The summed E-state index contributed by atoms with van der Waals surface area (Å²) in [4.78, 5) is 47.0. The van der Waals surface area contributed by atoms with Crippen LogP contribution in [0.1, 0.15) is 25.7 Å². The van der Waals surface area contributed by atoms with Crippen molar-refractivity contribution in [3.8, 4) is 44.9 Å². The number of carbonyl (C=O) groups is 3. The Morgan fingerprint density at radius 1 is 0.736 bits per heavy atom. The van der Waals surface area contributed by atoms with Crippen molar-refractivity contribution < 1.29 is 41.4 Å². The summed E-state index contributed by atoms with van der Waals surface area (Å²) < 4.78 is 69.0. The summed E-state index contributed by atoms with van der Waals surface area (Å²) in [6.45, 7) is -0.797. The third kappa shape index (κ3) is 6.56. The normalized spacial score (nSPS) is 21.4. The quantitative estimate of drug-likeness (QED) is 0.206. The van der Waals surface area contributed by atoms with Gasteiger partial charge in [0.25, 0.3) is 0 Å². The van der Waals surface area contributed by atoms with Gasteiger partial charge in [-0.2, -0.15) is 17.6 Å². The minimum Gasteiger partial charge on any atom is -0.427 e. The minimum atomic E-state index is -4.17.